The first-order valence-corrected chi connectivity index (χ1v) is 5.65. The van der Waals surface area contributed by atoms with E-state index in [9.17, 15) is 8.78 Å². The molecule has 0 radical (unpaired) electrons. The third-order valence-electron chi connectivity index (χ3n) is 2.27. The number of pyridine rings is 1. The van der Waals surface area contributed by atoms with Crippen LogP contribution in [0.4, 0.5) is 8.78 Å². The molecular weight excluding hydrogens is 260 g/mol. The van der Waals surface area contributed by atoms with E-state index in [-0.39, 0.29) is 23.2 Å². The molecule has 0 aliphatic rings. The SMILES string of the molecule is FC(F)c1cc(Cl)nc(OCc2ccccc2)c1. The molecule has 18 heavy (non-hydrogen) atoms. The second-order valence-electron chi connectivity index (χ2n) is 3.64. The summed E-state index contributed by atoms with van der Waals surface area (Å²) < 4.78 is 30.4. The number of rotatable bonds is 4. The minimum Gasteiger partial charge on any atom is -0.473 e. The van der Waals surface area contributed by atoms with Gasteiger partial charge in [-0.2, -0.15) is 0 Å². The van der Waals surface area contributed by atoms with Crippen molar-refractivity contribution in [1.82, 2.24) is 4.98 Å². The summed E-state index contributed by atoms with van der Waals surface area (Å²) in [6, 6.07) is 11.7. The highest BCUT2D eigenvalue weighted by atomic mass is 35.5. The lowest BCUT2D eigenvalue weighted by atomic mass is 10.2. The summed E-state index contributed by atoms with van der Waals surface area (Å²) in [7, 11) is 0. The van der Waals surface area contributed by atoms with Gasteiger partial charge in [-0.25, -0.2) is 13.8 Å². The van der Waals surface area contributed by atoms with Gasteiger partial charge in [-0.3, -0.25) is 0 Å². The summed E-state index contributed by atoms with van der Waals surface area (Å²) in [6.07, 6.45) is -2.59. The molecule has 1 heterocycles. The van der Waals surface area contributed by atoms with Crippen molar-refractivity contribution >= 4 is 11.6 Å². The average Bonchev–Trinajstić information content (AvgIpc) is 2.37. The molecule has 0 atom stereocenters. The number of alkyl halides is 2. The first-order valence-electron chi connectivity index (χ1n) is 5.27. The normalized spacial score (nSPS) is 10.7. The van der Waals surface area contributed by atoms with E-state index < -0.39 is 6.43 Å². The van der Waals surface area contributed by atoms with Crippen molar-refractivity contribution in [1.29, 1.82) is 0 Å². The summed E-state index contributed by atoms with van der Waals surface area (Å²) in [6.45, 7) is 0.261. The molecule has 1 aromatic carbocycles. The highest BCUT2D eigenvalue weighted by molar-refractivity contribution is 6.29. The summed E-state index contributed by atoms with van der Waals surface area (Å²) in [4.78, 5) is 3.84. The van der Waals surface area contributed by atoms with Crippen LogP contribution in [-0.4, -0.2) is 4.98 Å². The van der Waals surface area contributed by atoms with E-state index in [0.29, 0.717) is 0 Å². The second kappa shape index (κ2) is 5.78. The number of nitrogens with zero attached hydrogens (tertiary/aromatic N) is 1. The van der Waals surface area contributed by atoms with Crippen LogP contribution in [-0.2, 0) is 6.61 Å². The first kappa shape index (κ1) is 12.8. The quantitative estimate of drug-likeness (QED) is 0.774. The summed E-state index contributed by atoms with van der Waals surface area (Å²) >= 11 is 5.65. The summed E-state index contributed by atoms with van der Waals surface area (Å²) in [5.41, 5.74) is 0.732. The maximum absolute atomic E-state index is 12.5. The lowest BCUT2D eigenvalue weighted by Crippen LogP contribution is -1.98. The monoisotopic (exact) mass is 269 g/mol. The van der Waals surface area contributed by atoms with Gasteiger partial charge < -0.3 is 4.74 Å². The van der Waals surface area contributed by atoms with E-state index in [1.807, 2.05) is 30.3 Å². The van der Waals surface area contributed by atoms with Crippen LogP contribution in [0.1, 0.15) is 17.6 Å². The first-order chi connectivity index (χ1) is 8.65. The van der Waals surface area contributed by atoms with E-state index >= 15 is 0 Å². The maximum atomic E-state index is 12.5. The molecule has 0 unspecified atom stereocenters. The zero-order chi connectivity index (χ0) is 13.0. The highest BCUT2D eigenvalue weighted by Crippen LogP contribution is 2.25. The number of halogens is 3. The van der Waals surface area contributed by atoms with Crippen LogP contribution in [0.2, 0.25) is 5.15 Å². The smallest absolute Gasteiger partial charge is 0.264 e. The van der Waals surface area contributed by atoms with Crippen molar-refractivity contribution in [3.8, 4) is 5.88 Å². The molecule has 0 N–H and O–H groups in total. The largest absolute Gasteiger partial charge is 0.473 e. The van der Waals surface area contributed by atoms with E-state index in [1.165, 1.54) is 6.07 Å². The van der Waals surface area contributed by atoms with Crippen molar-refractivity contribution in [2.24, 2.45) is 0 Å². The molecule has 2 aromatic rings. The Bertz CT molecular complexity index is 520. The van der Waals surface area contributed by atoms with Gasteiger partial charge in [0.1, 0.15) is 11.8 Å². The Morgan fingerprint density at radius 2 is 1.89 bits per heavy atom. The number of hydrogen-bond acceptors (Lipinski definition) is 2. The molecule has 0 bridgehead atoms. The molecule has 0 spiro atoms. The number of ether oxygens (including phenoxy) is 1. The molecule has 2 nitrogen and oxygen atoms in total. The molecule has 0 aliphatic carbocycles. The van der Waals surface area contributed by atoms with E-state index in [0.717, 1.165) is 11.6 Å². The van der Waals surface area contributed by atoms with Gasteiger partial charge in [-0.05, 0) is 11.6 Å². The highest BCUT2D eigenvalue weighted by Gasteiger charge is 2.11. The summed E-state index contributed by atoms with van der Waals surface area (Å²) in [5, 5.41) is -0.00383. The van der Waals surface area contributed by atoms with Crippen molar-refractivity contribution in [3.05, 3.63) is 58.7 Å². The van der Waals surface area contributed by atoms with Crippen LogP contribution >= 0.6 is 11.6 Å². The topological polar surface area (TPSA) is 22.1 Å². The Labute approximate surface area is 108 Å². The van der Waals surface area contributed by atoms with E-state index in [2.05, 4.69) is 4.98 Å². The van der Waals surface area contributed by atoms with Crippen LogP contribution in [0.5, 0.6) is 5.88 Å². The Kier molecular flexibility index (Phi) is 4.10. The van der Waals surface area contributed by atoms with Gasteiger partial charge in [0.2, 0.25) is 5.88 Å². The molecule has 0 amide bonds. The fourth-order valence-electron chi connectivity index (χ4n) is 1.42. The van der Waals surface area contributed by atoms with Crippen molar-refractivity contribution in [3.63, 3.8) is 0 Å². The Hall–Kier alpha value is -1.68. The number of hydrogen-bond donors (Lipinski definition) is 0. The zero-order valence-electron chi connectivity index (χ0n) is 9.32. The molecule has 2 rings (SSSR count). The van der Waals surface area contributed by atoms with Gasteiger partial charge in [0.25, 0.3) is 6.43 Å². The predicted octanol–water partition coefficient (Wildman–Crippen LogP) is 4.25. The molecular formula is C13H10ClF2NO. The van der Waals surface area contributed by atoms with Crippen LogP contribution in [0.3, 0.4) is 0 Å². The van der Waals surface area contributed by atoms with E-state index in [1.54, 1.807) is 0 Å². The fraction of sp³-hybridized carbons (Fsp3) is 0.154. The van der Waals surface area contributed by atoms with Gasteiger partial charge >= 0.3 is 0 Å². The van der Waals surface area contributed by atoms with Crippen molar-refractivity contribution in [2.45, 2.75) is 13.0 Å². The fourth-order valence-corrected chi connectivity index (χ4v) is 1.63. The molecule has 0 saturated carbocycles. The van der Waals surface area contributed by atoms with Crippen LogP contribution in [0.15, 0.2) is 42.5 Å². The van der Waals surface area contributed by atoms with Crippen LogP contribution < -0.4 is 4.74 Å². The Morgan fingerprint density at radius 1 is 1.17 bits per heavy atom. The Morgan fingerprint density at radius 3 is 2.56 bits per heavy atom. The third kappa shape index (κ3) is 3.40. The van der Waals surface area contributed by atoms with Gasteiger partial charge in [0, 0.05) is 11.6 Å². The van der Waals surface area contributed by atoms with Gasteiger partial charge in [0.05, 0.1) is 0 Å². The molecule has 0 aliphatic heterocycles. The third-order valence-corrected chi connectivity index (χ3v) is 2.47. The zero-order valence-corrected chi connectivity index (χ0v) is 10.1. The molecule has 0 saturated heterocycles. The van der Waals surface area contributed by atoms with Crippen molar-refractivity contribution < 1.29 is 13.5 Å². The number of benzene rings is 1. The second-order valence-corrected chi connectivity index (χ2v) is 4.02. The van der Waals surface area contributed by atoms with Gasteiger partial charge in [-0.1, -0.05) is 41.9 Å². The maximum Gasteiger partial charge on any atom is 0.264 e. The van der Waals surface area contributed by atoms with E-state index in [4.69, 9.17) is 16.3 Å². The molecule has 94 valence electrons. The lowest BCUT2D eigenvalue weighted by Gasteiger charge is -2.07. The van der Waals surface area contributed by atoms with Gasteiger partial charge in [0.15, 0.2) is 0 Å². The molecule has 1 aromatic heterocycles. The molecule has 0 fully saturated rings. The average molecular weight is 270 g/mol. The predicted molar refractivity (Wildman–Crippen MR) is 65.0 cm³/mol. The minimum atomic E-state index is -2.59. The van der Waals surface area contributed by atoms with Crippen molar-refractivity contribution in [2.75, 3.05) is 0 Å². The minimum absolute atomic E-state index is 0.00383. The Balaban J connectivity index is 2.10. The van der Waals surface area contributed by atoms with Crippen LogP contribution in [0, 0.1) is 0 Å². The van der Waals surface area contributed by atoms with Gasteiger partial charge in [-0.15, -0.1) is 0 Å². The lowest BCUT2D eigenvalue weighted by molar-refractivity contribution is 0.150. The summed E-state index contributed by atoms with van der Waals surface area (Å²) in [5.74, 6) is 0.0988. The number of aromatic nitrogens is 1. The molecule has 5 heteroatoms. The van der Waals surface area contributed by atoms with Crippen LogP contribution in [0.25, 0.3) is 0 Å². The standard InChI is InChI=1S/C13H10ClF2NO/c14-11-6-10(13(15)16)7-12(17-11)18-8-9-4-2-1-3-5-9/h1-7,13H,8H2.